The highest BCUT2D eigenvalue weighted by molar-refractivity contribution is 9.10. The standard InChI is InChI=1S/C17H20BrN3O2/c1-3-9-23-17-14(18)10-13(11-15(17)22-4-2)12-20-21-16-7-5-6-8-19-16/h5-8,10-12H,3-4,9H2,1-2H3,(H,19,21)/b20-12+. The molecule has 1 heterocycles. The molecule has 2 rings (SSSR count). The Morgan fingerprint density at radius 1 is 1.26 bits per heavy atom. The quantitative estimate of drug-likeness (QED) is 0.544. The summed E-state index contributed by atoms with van der Waals surface area (Å²) in [7, 11) is 0. The van der Waals surface area contributed by atoms with Crippen LogP contribution >= 0.6 is 15.9 Å². The van der Waals surface area contributed by atoms with Crippen LogP contribution < -0.4 is 14.9 Å². The first-order chi connectivity index (χ1) is 11.2. The van der Waals surface area contributed by atoms with E-state index in [0.29, 0.717) is 24.8 Å². The maximum absolute atomic E-state index is 5.76. The molecule has 0 saturated carbocycles. The van der Waals surface area contributed by atoms with Crippen LogP contribution in [-0.4, -0.2) is 24.4 Å². The predicted octanol–water partition coefficient (Wildman–Crippen LogP) is 4.48. The molecule has 0 fully saturated rings. The van der Waals surface area contributed by atoms with Crippen molar-refractivity contribution in [2.75, 3.05) is 18.6 Å². The molecular weight excluding hydrogens is 358 g/mol. The molecular formula is C17H20BrN3O2. The Labute approximate surface area is 144 Å². The van der Waals surface area contributed by atoms with Crippen molar-refractivity contribution in [3.63, 3.8) is 0 Å². The van der Waals surface area contributed by atoms with Crippen molar-refractivity contribution in [3.05, 3.63) is 46.6 Å². The second-order valence-corrected chi connectivity index (χ2v) is 5.55. The summed E-state index contributed by atoms with van der Waals surface area (Å²) >= 11 is 3.54. The zero-order valence-electron chi connectivity index (χ0n) is 13.3. The van der Waals surface area contributed by atoms with Gasteiger partial charge in [-0.3, -0.25) is 5.43 Å². The van der Waals surface area contributed by atoms with Gasteiger partial charge in [0, 0.05) is 6.20 Å². The Balaban J connectivity index is 2.15. The zero-order valence-corrected chi connectivity index (χ0v) is 14.8. The molecule has 1 aromatic carbocycles. The third-order valence-electron chi connectivity index (χ3n) is 2.84. The molecule has 23 heavy (non-hydrogen) atoms. The molecule has 0 bridgehead atoms. The fraction of sp³-hybridized carbons (Fsp3) is 0.294. The highest BCUT2D eigenvalue weighted by atomic mass is 79.9. The smallest absolute Gasteiger partial charge is 0.175 e. The number of nitrogens with zero attached hydrogens (tertiary/aromatic N) is 2. The van der Waals surface area contributed by atoms with Gasteiger partial charge in [-0.25, -0.2) is 4.98 Å². The van der Waals surface area contributed by atoms with Crippen molar-refractivity contribution >= 4 is 28.0 Å². The minimum absolute atomic E-state index is 0.571. The molecule has 6 heteroatoms. The Kier molecular flexibility index (Phi) is 6.87. The number of nitrogens with one attached hydrogen (secondary N) is 1. The fourth-order valence-electron chi connectivity index (χ4n) is 1.87. The Morgan fingerprint density at radius 2 is 2.13 bits per heavy atom. The Morgan fingerprint density at radius 3 is 2.83 bits per heavy atom. The molecule has 0 atom stereocenters. The molecule has 1 N–H and O–H groups in total. The van der Waals surface area contributed by atoms with E-state index in [2.05, 4.69) is 38.4 Å². The average molecular weight is 378 g/mol. The lowest BCUT2D eigenvalue weighted by Crippen LogP contribution is -2.02. The van der Waals surface area contributed by atoms with E-state index in [9.17, 15) is 0 Å². The maximum atomic E-state index is 5.76. The number of hydrazone groups is 1. The van der Waals surface area contributed by atoms with Gasteiger partial charge in [-0.2, -0.15) is 5.10 Å². The topological polar surface area (TPSA) is 55.7 Å². The van der Waals surface area contributed by atoms with Gasteiger partial charge in [0.15, 0.2) is 11.5 Å². The van der Waals surface area contributed by atoms with Gasteiger partial charge in [0.1, 0.15) is 5.82 Å². The summed E-state index contributed by atoms with van der Waals surface area (Å²) < 4.78 is 12.3. The van der Waals surface area contributed by atoms with Gasteiger partial charge < -0.3 is 9.47 Å². The monoisotopic (exact) mass is 377 g/mol. The highest BCUT2D eigenvalue weighted by Crippen LogP contribution is 2.36. The number of ether oxygens (including phenoxy) is 2. The summed E-state index contributed by atoms with van der Waals surface area (Å²) in [5.41, 5.74) is 3.78. The van der Waals surface area contributed by atoms with Crippen LogP contribution in [0.4, 0.5) is 5.82 Å². The summed E-state index contributed by atoms with van der Waals surface area (Å²) in [6.45, 7) is 5.23. The lowest BCUT2D eigenvalue weighted by Gasteiger charge is -2.14. The van der Waals surface area contributed by atoms with Crippen LogP contribution in [0.3, 0.4) is 0 Å². The largest absolute Gasteiger partial charge is 0.490 e. The molecule has 0 amide bonds. The summed E-state index contributed by atoms with van der Waals surface area (Å²) in [4.78, 5) is 4.14. The van der Waals surface area contributed by atoms with Crippen LogP contribution in [0.2, 0.25) is 0 Å². The van der Waals surface area contributed by atoms with Crippen molar-refractivity contribution in [1.29, 1.82) is 0 Å². The van der Waals surface area contributed by atoms with E-state index in [1.165, 1.54) is 0 Å². The van der Waals surface area contributed by atoms with Gasteiger partial charge >= 0.3 is 0 Å². The third kappa shape index (κ3) is 5.25. The van der Waals surface area contributed by atoms with E-state index in [1.807, 2.05) is 37.3 Å². The number of halogens is 1. The number of benzene rings is 1. The van der Waals surface area contributed by atoms with Gasteiger partial charge in [-0.1, -0.05) is 13.0 Å². The van der Waals surface area contributed by atoms with Crippen LogP contribution in [-0.2, 0) is 0 Å². The van der Waals surface area contributed by atoms with Gasteiger partial charge in [-0.15, -0.1) is 0 Å². The predicted molar refractivity (Wildman–Crippen MR) is 96.6 cm³/mol. The molecule has 0 unspecified atom stereocenters. The van der Waals surface area contributed by atoms with Gasteiger partial charge in [0.25, 0.3) is 0 Å². The summed E-state index contributed by atoms with van der Waals surface area (Å²) in [6.07, 6.45) is 4.36. The molecule has 0 spiro atoms. The Bertz CT molecular complexity index is 648. The van der Waals surface area contributed by atoms with Gasteiger partial charge in [-0.05, 0) is 59.1 Å². The number of pyridine rings is 1. The fourth-order valence-corrected chi connectivity index (χ4v) is 2.45. The van der Waals surface area contributed by atoms with Crippen LogP contribution in [0.1, 0.15) is 25.8 Å². The number of anilines is 1. The first-order valence-corrected chi connectivity index (χ1v) is 8.33. The van der Waals surface area contributed by atoms with Crippen molar-refractivity contribution in [2.45, 2.75) is 20.3 Å². The second-order valence-electron chi connectivity index (χ2n) is 4.70. The molecule has 0 aliphatic rings. The van der Waals surface area contributed by atoms with Crippen molar-refractivity contribution in [1.82, 2.24) is 4.98 Å². The molecule has 5 nitrogen and oxygen atoms in total. The number of rotatable bonds is 8. The third-order valence-corrected chi connectivity index (χ3v) is 3.43. The first-order valence-electron chi connectivity index (χ1n) is 7.53. The van der Waals surface area contributed by atoms with Crippen LogP contribution in [0, 0.1) is 0 Å². The normalized spacial score (nSPS) is 10.7. The van der Waals surface area contributed by atoms with E-state index in [0.717, 1.165) is 22.2 Å². The highest BCUT2D eigenvalue weighted by Gasteiger charge is 2.11. The van der Waals surface area contributed by atoms with Crippen LogP contribution in [0.15, 0.2) is 46.1 Å². The number of hydrogen-bond acceptors (Lipinski definition) is 5. The van der Waals surface area contributed by atoms with E-state index < -0.39 is 0 Å². The minimum Gasteiger partial charge on any atom is -0.490 e. The molecule has 2 aromatic rings. The SMILES string of the molecule is CCCOc1c(Br)cc(/C=N/Nc2ccccn2)cc1OCC. The molecule has 0 aliphatic carbocycles. The average Bonchev–Trinajstić information content (AvgIpc) is 2.55. The second kappa shape index (κ2) is 9.15. The van der Waals surface area contributed by atoms with Crippen molar-refractivity contribution in [2.24, 2.45) is 5.10 Å². The van der Waals surface area contributed by atoms with Crippen molar-refractivity contribution in [3.8, 4) is 11.5 Å². The van der Waals surface area contributed by atoms with Crippen LogP contribution in [0.5, 0.6) is 11.5 Å². The lowest BCUT2D eigenvalue weighted by atomic mass is 10.2. The molecule has 122 valence electrons. The van der Waals surface area contributed by atoms with E-state index in [-0.39, 0.29) is 0 Å². The summed E-state index contributed by atoms with van der Waals surface area (Å²) in [5, 5.41) is 4.19. The number of aromatic nitrogens is 1. The number of hydrogen-bond donors (Lipinski definition) is 1. The summed E-state index contributed by atoms with van der Waals surface area (Å²) in [6, 6.07) is 9.45. The first kappa shape index (κ1) is 17.3. The van der Waals surface area contributed by atoms with E-state index in [1.54, 1.807) is 12.4 Å². The lowest BCUT2D eigenvalue weighted by molar-refractivity contribution is 0.275. The molecule has 0 saturated heterocycles. The Hall–Kier alpha value is -2.08. The van der Waals surface area contributed by atoms with Gasteiger partial charge in [0.2, 0.25) is 0 Å². The molecule has 0 radical (unpaired) electrons. The maximum Gasteiger partial charge on any atom is 0.175 e. The van der Waals surface area contributed by atoms with E-state index in [4.69, 9.17) is 9.47 Å². The van der Waals surface area contributed by atoms with E-state index >= 15 is 0 Å². The minimum atomic E-state index is 0.571. The van der Waals surface area contributed by atoms with Crippen LogP contribution in [0.25, 0.3) is 0 Å². The molecule has 1 aromatic heterocycles. The van der Waals surface area contributed by atoms with Crippen molar-refractivity contribution < 1.29 is 9.47 Å². The molecule has 0 aliphatic heterocycles. The van der Waals surface area contributed by atoms with Gasteiger partial charge in [0.05, 0.1) is 23.9 Å². The zero-order chi connectivity index (χ0) is 16.5. The summed E-state index contributed by atoms with van der Waals surface area (Å²) in [5.74, 6) is 2.12.